The molecule has 492 valence electrons. The van der Waals surface area contributed by atoms with Crippen molar-refractivity contribution in [1.29, 1.82) is 0 Å². The Hall–Kier alpha value is -7.23. The Labute approximate surface area is 529 Å². The van der Waals surface area contributed by atoms with Crippen LogP contribution >= 0.6 is 0 Å². The van der Waals surface area contributed by atoms with Gasteiger partial charge in [-0.25, -0.2) is 14.4 Å². The van der Waals surface area contributed by atoms with Crippen molar-refractivity contribution in [2.24, 2.45) is 17.8 Å². The number of ether oxygens (including phenoxy) is 3. The van der Waals surface area contributed by atoms with Gasteiger partial charge in [-0.1, -0.05) is 110 Å². The number of aliphatic carboxylic acids is 3. The summed E-state index contributed by atoms with van der Waals surface area (Å²) >= 11 is 0. The van der Waals surface area contributed by atoms with E-state index in [-0.39, 0.29) is 91.3 Å². The molecule has 3 amide bonds. The zero-order valence-corrected chi connectivity index (χ0v) is 53.3. The smallest absolute Gasteiger partial charge is 0.326 e. The maximum Gasteiger partial charge on any atom is 0.326 e. The highest BCUT2D eigenvalue weighted by Gasteiger charge is 2.52. The van der Waals surface area contributed by atoms with Crippen molar-refractivity contribution in [2.75, 3.05) is 19.8 Å². The summed E-state index contributed by atoms with van der Waals surface area (Å²) < 4.78 is 15.6. The van der Waals surface area contributed by atoms with Crippen LogP contribution in [0.15, 0.2) is 91.0 Å². The molecule has 21 nitrogen and oxygen atoms in total. The standard InChI is InChI=1S/3C23H32N2O5/c3*1-3-30-23(29)18(13-12-16-8-5-4-6-9-16)24-15(2)21(26)25-19-11-7-10-17(19)14-20(25)22(27)28/h3*4-6,8-9,15,17-20,24H,3,7,10-14H2,1-2H3,(H,27,28)/t3*15-,17-,18-,19-,20-/m000/s1. The van der Waals surface area contributed by atoms with Gasteiger partial charge in [-0.05, 0) is 172 Å². The minimum atomic E-state index is -0.948. The van der Waals surface area contributed by atoms with E-state index in [0.29, 0.717) is 57.8 Å². The summed E-state index contributed by atoms with van der Waals surface area (Å²) in [5.41, 5.74) is 3.31. The summed E-state index contributed by atoms with van der Waals surface area (Å²) in [6, 6.07) is 23.3. The third-order valence-corrected chi connectivity index (χ3v) is 19.0. The van der Waals surface area contributed by atoms with Crippen LogP contribution in [-0.4, -0.2) is 176 Å². The SMILES string of the molecule is CCOC(=O)[C@H](CCc1ccccc1)N[C@@H](C)C(=O)N1[C@H](C(=O)O)C[C@@H]2CCC[C@@H]21.CCOC(=O)[C@H](CCc1ccccc1)N[C@@H](C)C(=O)N1[C@H](C(=O)O)C[C@@H]2CCC[C@@H]21.CCOC(=O)[C@H](CCc1ccccc1)N[C@@H](C)C(=O)N1[C@H](C(=O)O)C[C@@H]2CCC[C@@H]21. The van der Waals surface area contributed by atoms with Crippen molar-refractivity contribution < 1.29 is 72.7 Å². The van der Waals surface area contributed by atoms with Crippen LogP contribution in [0.4, 0.5) is 0 Å². The molecular formula is C69H96N6O15. The number of benzene rings is 3. The Morgan fingerprint density at radius 2 is 0.656 bits per heavy atom. The number of aryl methyl sites for hydroxylation is 3. The largest absolute Gasteiger partial charge is 0.480 e. The Kier molecular flexibility index (Phi) is 26.7. The molecule has 6 aliphatic rings. The quantitative estimate of drug-likeness (QED) is 0.0326. The number of hydrogen-bond acceptors (Lipinski definition) is 15. The Bertz CT molecular complexity index is 2560. The molecule has 21 heteroatoms. The lowest BCUT2D eigenvalue weighted by atomic mass is 10.0. The van der Waals surface area contributed by atoms with Gasteiger partial charge in [0.25, 0.3) is 0 Å². The molecule has 3 aliphatic carbocycles. The summed E-state index contributed by atoms with van der Waals surface area (Å²) in [5.74, 6) is -3.94. The lowest BCUT2D eigenvalue weighted by Gasteiger charge is -2.31. The van der Waals surface area contributed by atoms with Gasteiger partial charge in [0.05, 0.1) is 37.9 Å². The van der Waals surface area contributed by atoms with Crippen molar-refractivity contribution in [3.05, 3.63) is 108 Å². The molecule has 0 aromatic heterocycles. The molecule has 0 spiro atoms. The maximum absolute atomic E-state index is 13.2. The highest BCUT2D eigenvalue weighted by Crippen LogP contribution is 2.44. The van der Waals surface area contributed by atoms with Crippen molar-refractivity contribution in [3.8, 4) is 0 Å². The van der Waals surface area contributed by atoms with Gasteiger partial charge in [0.1, 0.15) is 36.3 Å². The van der Waals surface area contributed by atoms with Crippen molar-refractivity contribution in [3.63, 3.8) is 0 Å². The lowest BCUT2D eigenvalue weighted by Crippen LogP contribution is -2.55. The van der Waals surface area contributed by atoms with E-state index in [1.54, 1.807) is 56.2 Å². The van der Waals surface area contributed by atoms with Crippen molar-refractivity contribution >= 4 is 53.5 Å². The second kappa shape index (κ2) is 34.3. The number of nitrogens with zero attached hydrogens (tertiary/aromatic N) is 3. The van der Waals surface area contributed by atoms with Gasteiger partial charge >= 0.3 is 35.8 Å². The summed E-state index contributed by atoms with van der Waals surface area (Å²) in [4.78, 5) is 117. The van der Waals surface area contributed by atoms with Crippen LogP contribution in [0.5, 0.6) is 0 Å². The minimum absolute atomic E-state index is 0.00629. The van der Waals surface area contributed by atoms with Gasteiger partial charge in [-0.2, -0.15) is 0 Å². The average Bonchev–Trinajstić information content (AvgIpc) is 1.69. The zero-order chi connectivity index (χ0) is 65.0. The normalized spacial score (nSPS) is 24.9. The van der Waals surface area contributed by atoms with E-state index < -0.39 is 72.3 Å². The molecule has 3 aromatic carbocycles. The van der Waals surface area contributed by atoms with Crippen molar-refractivity contribution in [1.82, 2.24) is 30.7 Å². The Morgan fingerprint density at radius 1 is 0.411 bits per heavy atom. The second-order valence-corrected chi connectivity index (χ2v) is 24.9. The van der Waals surface area contributed by atoms with Crippen LogP contribution in [0.25, 0.3) is 0 Å². The number of carbonyl (C=O) groups is 9. The van der Waals surface area contributed by atoms with E-state index in [0.717, 1.165) is 74.5 Å². The molecule has 15 atom stereocenters. The van der Waals surface area contributed by atoms with Gasteiger partial charge < -0.3 is 44.2 Å². The lowest BCUT2D eigenvalue weighted by molar-refractivity contribution is -0.151. The van der Waals surface area contributed by atoms with E-state index in [2.05, 4.69) is 16.0 Å². The second-order valence-electron chi connectivity index (χ2n) is 24.9. The highest BCUT2D eigenvalue weighted by molar-refractivity contribution is 5.90. The first-order valence-electron chi connectivity index (χ1n) is 32.8. The summed E-state index contributed by atoms with van der Waals surface area (Å²) in [6.45, 7) is 11.2. The fraction of sp³-hybridized carbons (Fsp3) is 0.609. The third kappa shape index (κ3) is 18.5. The fourth-order valence-corrected chi connectivity index (χ4v) is 14.7. The Balaban J connectivity index is 0.000000192. The number of esters is 3. The number of rotatable bonds is 27. The molecule has 0 radical (unpaired) electrons. The molecule has 3 saturated heterocycles. The third-order valence-electron chi connectivity index (χ3n) is 19.0. The molecule has 9 rings (SSSR count). The minimum Gasteiger partial charge on any atom is -0.480 e. The van der Waals surface area contributed by atoms with Gasteiger partial charge in [-0.3, -0.25) is 44.7 Å². The molecule has 3 aliphatic heterocycles. The van der Waals surface area contributed by atoms with Crippen LogP contribution in [-0.2, 0) is 76.6 Å². The van der Waals surface area contributed by atoms with Crippen LogP contribution in [0, 0.1) is 17.8 Å². The maximum atomic E-state index is 13.2. The molecule has 0 unspecified atom stereocenters. The average molecular weight is 1250 g/mol. The molecule has 6 fully saturated rings. The zero-order valence-electron chi connectivity index (χ0n) is 53.3. The summed E-state index contributed by atoms with van der Waals surface area (Å²) in [7, 11) is 0. The number of fused-ring (bicyclic) bond motifs is 3. The summed E-state index contributed by atoms with van der Waals surface area (Å²) in [6.07, 6.45) is 13.6. The van der Waals surface area contributed by atoms with Gasteiger partial charge in [-0.15, -0.1) is 0 Å². The first-order valence-corrected chi connectivity index (χ1v) is 32.8. The van der Waals surface area contributed by atoms with E-state index in [9.17, 15) is 58.5 Å². The van der Waals surface area contributed by atoms with Gasteiger partial charge in [0.15, 0.2) is 0 Å². The monoisotopic (exact) mass is 1250 g/mol. The topological polar surface area (TPSA) is 288 Å². The van der Waals surface area contributed by atoms with Crippen LogP contribution in [0.3, 0.4) is 0 Å². The van der Waals surface area contributed by atoms with Crippen LogP contribution in [0.1, 0.15) is 155 Å². The number of carboxylic acid groups (broad SMARTS) is 3. The number of nitrogens with one attached hydrogen (secondary N) is 3. The molecular weight excluding hydrogens is 1150 g/mol. The van der Waals surface area contributed by atoms with E-state index in [4.69, 9.17) is 14.2 Å². The van der Waals surface area contributed by atoms with Crippen LogP contribution < -0.4 is 16.0 Å². The molecule has 0 bridgehead atoms. The van der Waals surface area contributed by atoms with Crippen LogP contribution in [0.2, 0.25) is 0 Å². The number of carboxylic acids is 3. The molecule has 3 saturated carbocycles. The van der Waals surface area contributed by atoms with E-state index >= 15 is 0 Å². The van der Waals surface area contributed by atoms with Gasteiger partial charge in [0.2, 0.25) is 17.7 Å². The summed E-state index contributed by atoms with van der Waals surface area (Å²) in [5, 5.41) is 38.3. The predicted octanol–water partition coefficient (Wildman–Crippen LogP) is 7.15. The highest BCUT2D eigenvalue weighted by atomic mass is 16.5. The molecule has 90 heavy (non-hydrogen) atoms. The number of carbonyl (C=O) groups excluding carboxylic acids is 6. The first kappa shape index (κ1) is 70.2. The van der Waals surface area contributed by atoms with Crippen molar-refractivity contribution in [2.45, 2.75) is 230 Å². The Morgan fingerprint density at radius 3 is 0.878 bits per heavy atom. The van der Waals surface area contributed by atoms with E-state index in [1.807, 2.05) is 91.0 Å². The molecule has 3 aromatic rings. The number of likely N-dealkylation sites (tertiary alicyclic amines) is 3. The first-order chi connectivity index (χ1) is 43.3. The van der Waals surface area contributed by atoms with E-state index in [1.165, 1.54) is 0 Å². The molecule has 6 N–H and O–H groups in total. The number of hydrogen-bond donors (Lipinski definition) is 6. The predicted molar refractivity (Wildman–Crippen MR) is 335 cm³/mol. The molecule has 3 heterocycles. The number of amides is 3. The fourth-order valence-electron chi connectivity index (χ4n) is 14.7. The van der Waals surface area contributed by atoms with Gasteiger partial charge in [0, 0.05) is 18.1 Å².